The Morgan fingerprint density at radius 3 is 2.32 bits per heavy atom. The molecule has 0 saturated heterocycles. The molecule has 0 aliphatic heterocycles. The fraction of sp³-hybridized carbons (Fsp3) is 0.200. The predicted molar refractivity (Wildman–Crippen MR) is 83.6 cm³/mol. The second kappa shape index (κ2) is 6.07. The van der Waals surface area contributed by atoms with Crippen LogP contribution < -0.4 is 4.74 Å². The number of ether oxygens (including phenoxy) is 1. The van der Waals surface area contributed by atoms with Crippen molar-refractivity contribution in [3.8, 4) is 5.75 Å². The van der Waals surface area contributed by atoms with E-state index in [1.165, 1.54) is 0 Å². The largest absolute Gasteiger partial charge is 0.497 e. The second-order valence-electron chi connectivity index (χ2n) is 4.29. The lowest BCUT2D eigenvalue weighted by atomic mass is 9.97. The van der Waals surface area contributed by atoms with E-state index in [2.05, 4.69) is 31.9 Å². The lowest BCUT2D eigenvalue weighted by molar-refractivity contribution is 0.218. The standard InChI is InChI=1S/C15H14Br2O2/c1-9-7-11(19-2)4-6-12(9)15(18)13-5-3-10(16)8-14(13)17/h3-8,15,18H,1-2H3. The molecule has 2 rings (SSSR count). The average molecular weight is 386 g/mol. The molecule has 0 amide bonds. The van der Waals surface area contributed by atoms with E-state index in [0.29, 0.717) is 0 Å². The fourth-order valence-electron chi connectivity index (χ4n) is 1.97. The Bertz CT molecular complexity index is 597. The molecule has 0 saturated carbocycles. The molecule has 0 heterocycles. The third-order valence-corrected chi connectivity index (χ3v) is 4.21. The summed E-state index contributed by atoms with van der Waals surface area (Å²) in [5.41, 5.74) is 2.72. The van der Waals surface area contributed by atoms with Crippen molar-refractivity contribution >= 4 is 31.9 Å². The molecule has 100 valence electrons. The molecule has 0 aromatic heterocycles. The van der Waals surface area contributed by atoms with Crippen molar-refractivity contribution in [3.05, 3.63) is 62.0 Å². The molecule has 2 nitrogen and oxygen atoms in total. The summed E-state index contributed by atoms with van der Waals surface area (Å²) in [7, 11) is 1.64. The quantitative estimate of drug-likeness (QED) is 0.835. The van der Waals surface area contributed by atoms with E-state index in [1.807, 2.05) is 43.3 Å². The van der Waals surface area contributed by atoms with Crippen molar-refractivity contribution < 1.29 is 9.84 Å². The molecule has 19 heavy (non-hydrogen) atoms. The third kappa shape index (κ3) is 3.19. The van der Waals surface area contributed by atoms with Gasteiger partial charge in [-0.1, -0.05) is 44.0 Å². The Balaban J connectivity index is 2.41. The van der Waals surface area contributed by atoms with Crippen molar-refractivity contribution in [1.82, 2.24) is 0 Å². The molecule has 2 aromatic carbocycles. The van der Waals surface area contributed by atoms with E-state index < -0.39 is 6.10 Å². The molecule has 0 bridgehead atoms. The minimum absolute atomic E-state index is 0.659. The SMILES string of the molecule is COc1ccc(C(O)c2ccc(Br)cc2Br)c(C)c1. The Morgan fingerprint density at radius 2 is 1.74 bits per heavy atom. The van der Waals surface area contributed by atoms with Crippen LogP contribution in [0.3, 0.4) is 0 Å². The van der Waals surface area contributed by atoms with Crippen LogP contribution in [0.15, 0.2) is 45.3 Å². The van der Waals surface area contributed by atoms with Gasteiger partial charge in [0.2, 0.25) is 0 Å². The molecule has 0 radical (unpaired) electrons. The molecule has 1 unspecified atom stereocenters. The highest BCUT2D eigenvalue weighted by atomic mass is 79.9. The van der Waals surface area contributed by atoms with Crippen LogP contribution in [0.5, 0.6) is 5.75 Å². The highest BCUT2D eigenvalue weighted by molar-refractivity contribution is 9.11. The number of halogens is 2. The van der Waals surface area contributed by atoms with E-state index in [1.54, 1.807) is 7.11 Å². The van der Waals surface area contributed by atoms with Gasteiger partial charge >= 0.3 is 0 Å². The zero-order valence-corrected chi connectivity index (χ0v) is 13.8. The van der Waals surface area contributed by atoms with E-state index in [0.717, 1.165) is 31.4 Å². The number of aliphatic hydroxyl groups is 1. The number of hydrogen-bond donors (Lipinski definition) is 1. The summed E-state index contributed by atoms with van der Waals surface area (Å²) in [5, 5.41) is 10.5. The molecule has 0 spiro atoms. The predicted octanol–water partition coefficient (Wildman–Crippen LogP) is 4.61. The van der Waals surface area contributed by atoms with E-state index in [9.17, 15) is 5.11 Å². The number of aliphatic hydroxyl groups excluding tert-OH is 1. The highest BCUT2D eigenvalue weighted by Crippen LogP contribution is 2.33. The zero-order valence-electron chi connectivity index (χ0n) is 10.7. The minimum atomic E-state index is -0.659. The molecule has 1 atom stereocenters. The van der Waals surface area contributed by atoms with Gasteiger partial charge in [0.1, 0.15) is 11.9 Å². The number of methoxy groups -OCH3 is 1. The molecule has 4 heteroatoms. The first-order chi connectivity index (χ1) is 9.02. The average Bonchev–Trinajstić information content (AvgIpc) is 2.37. The van der Waals surface area contributed by atoms with Crippen molar-refractivity contribution in [2.24, 2.45) is 0 Å². The normalized spacial score (nSPS) is 12.3. The topological polar surface area (TPSA) is 29.5 Å². The van der Waals surface area contributed by atoms with Crippen molar-refractivity contribution in [1.29, 1.82) is 0 Å². The first-order valence-corrected chi connectivity index (χ1v) is 7.39. The maximum Gasteiger partial charge on any atom is 0.119 e. The summed E-state index contributed by atoms with van der Waals surface area (Å²) in [6.45, 7) is 1.97. The maximum absolute atomic E-state index is 10.5. The van der Waals surface area contributed by atoms with Crippen molar-refractivity contribution in [3.63, 3.8) is 0 Å². The molecule has 0 fully saturated rings. The summed E-state index contributed by atoms with van der Waals surface area (Å²) in [6.07, 6.45) is -0.659. The van der Waals surface area contributed by atoms with Crippen LogP contribution in [0.1, 0.15) is 22.8 Å². The Labute approximate surface area is 129 Å². The minimum Gasteiger partial charge on any atom is -0.497 e. The van der Waals surface area contributed by atoms with Crippen LogP contribution in [0.2, 0.25) is 0 Å². The monoisotopic (exact) mass is 384 g/mol. The van der Waals surface area contributed by atoms with Gasteiger partial charge in [-0.05, 0) is 47.9 Å². The van der Waals surface area contributed by atoms with Gasteiger partial charge < -0.3 is 9.84 Å². The van der Waals surface area contributed by atoms with Crippen LogP contribution in [0.4, 0.5) is 0 Å². The Hall–Kier alpha value is -0.840. The van der Waals surface area contributed by atoms with Gasteiger partial charge in [0.05, 0.1) is 7.11 Å². The summed E-state index contributed by atoms with van der Waals surface area (Å²) >= 11 is 6.89. The van der Waals surface area contributed by atoms with Crippen LogP contribution in [0, 0.1) is 6.92 Å². The second-order valence-corrected chi connectivity index (χ2v) is 6.06. The van der Waals surface area contributed by atoms with Crippen LogP contribution >= 0.6 is 31.9 Å². The van der Waals surface area contributed by atoms with Gasteiger partial charge in [-0.2, -0.15) is 0 Å². The molecular formula is C15H14Br2O2. The summed E-state index contributed by atoms with van der Waals surface area (Å²) in [5.74, 6) is 0.795. The lowest BCUT2D eigenvalue weighted by Gasteiger charge is -2.16. The van der Waals surface area contributed by atoms with E-state index in [-0.39, 0.29) is 0 Å². The van der Waals surface area contributed by atoms with Crippen LogP contribution in [0.25, 0.3) is 0 Å². The Kier molecular flexibility index (Phi) is 4.66. The summed E-state index contributed by atoms with van der Waals surface area (Å²) in [6, 6.07) is 11.4. The molecule has 1 N–H and O–H groups in total. The molecule has 0 aliphatic rings. The van der Waals surface area contributed by atoms with Gasteiger partial charge in [0, 0.05) is 8.95 Å². The third-order valence-electron chi connectivity index (χ3n) is 3.03. The maximum atomic E-state index is 10.5. The van der Waals surface area contributed by atoms with Crippen LogP contribution in [-0.2, 0) is 0 Å². The Morgan fingerprint density at radius 1 is 1.05 bits per heavy atom. The van der Waals surface area contributed by atoms with Gasteiger partial charge in [0.15, 0.2) is 0 Å². The summed E-state index contributed by atoms with van der Waals surface area (Å²) in [4.78, 5) is 0. The number of benzene rings is 2. The first-order valence-electron chi connectivity index (χ1n) is 5.80. The van der Waals surface area contributed by atoms with Crippen LogP contribution in [-0.4, -0.2) is 12.2 Å². The van der Waals surface area contributed by atoms with Gasteiger partial charge in [0.25, 0.3) is 0 Å². The molecule has 0 aliphatic carbocycles. The fourth-order valence-corrected chi connectivity index (χ4v) is 3.24. The van der Waals surface area contributed by atoms with Gasteiger partial charge in [-0.3, -0.25) is 0 Å². The van der Waals surface area contributed by atoms with Gasteiger partial charge in [-0.15, -0.1) is 0 Å². The van der Waals surface area contributed by atoms with Crippen molar-refractivity contribution in [2.75, 3.05) is 7.11 Å². The smallest absolute Gasteiger partial charge is 0.119 e. The lowest BCUT2D eigenvalue weighted by Crippen LogP contribution is -2.03. The number of rotatable bonds is 3. The zero-order chi connectivity index (χ0) is 14.0. The number of aryl methyl sites for hydroxylation is 1. The first kappa shape index (κ1) is 14.6. The van der Waals surface area contributed by atoms with Crippen molar-refractivity contribution in [2.45, 2.75) is 13.0 Å². The molecule has 2 aromatic rings. The van der Waals surface area contributed by atoms with E-state index >= 15 is 0 Å². The van der Waals surface area contributed by atoms with E-state index in [4.69, 9.17) is 4.74 Å². The highest BCUT2D eigenvalue weighted by Gasteiger charge is 2.16. The van der Waals surface area contributed by atoms with Gasteiger partial charge in [-0.25, -0.2) is 0 Å². The number of hydrogen-bond acceptors (Lipinski definition) is 2. The molecular weight excluding hydrogens is 372 g/mol. The summed E-state index contributed by atoms with van der Waals surface area (Å²) < 4.78 is 7.03.